The Morgan fingerprint density at radius 3 is 2.23 bits per heavy atom. The van der Waals surface area contributed by atoms with Gasteiger partial charge in [-0.1, -0.05) is 13.8 Å². The number of alkyl halides is 3. The van der Waals surface area contributed by atoms with E-state index in [0.717, 1.165) is 25.4 Å². The van der Waals surface area contributed by atoms with Crippen LogP contribution in [0.5, 0.6) is 0 Å². The van der Waals surface area contributed by atoms with Crippen molar-refractivity contribution >= 4 is 17.8 Å². The highest BCUT2D eigenvalue weighted by atomic mass is 19.4. The van der Waals surface area contributed by atoms with Crippen LogP contribution < -0.4 is 5.32 Å². The summed E-state index contributed by atoms with van der Waals surface area (Å²) >= 11 is 0. The van der Waals surface area contributed by atoms with Crippen LogP contribution in [0.3, 0.4) is 0 Å². The number of nitrogens with one attached hydrogen (secondary N) is 1. The predicted molar refractivity (Wildman–Crippen MR) is 105 cm³/mol. The van der Waals surface area contributed by atoms with Crippen molar-refractivity contribution in [3.8, 4) is 0 Å². The van der Waals surface area contributed by atoms with Crippen molar-refractivity contribution in [2.45, 2.75) is 57.3 Å². The van der Waals surface area contributed by atoms with Crippen molar-refractivity contribution in [3.05, 3.63) is 0 Å². The zero-order valence-electron chi connectivity index (χ0n) is 18.2. The number of likely N-dealkylation sites (N-methyl/N-ethyl adjacent to an activating group) is 1. The van der Waals surface area contributed by atoms with Gasteiger partial charge in [0.1, 0.15) is 11.6 Å². The van der Waals surface area contributed by atoms with E-state index in [4.69, 9.17) is 14.6 Å². The Morgan fingerprint density at radius 1 is 1.19 bits per heavy atom. The minimum atomic E-state index is -5.08. The summed E-state index contributed by atoms with van der Waals surface area (Å²) in [5, 5.41) is 9.88. The molecule has 8 nitrogen and oxygen atoms in total. The Labute approximate surface area is 180 Å². The molecule has 1 saturated carbocycles. The first-order chi connectivity index (χ1) is 14.4. The number of morpholine rings is 1. The quantitative estimate of drug-likeness (QED) is 0.635. The Bertz CT molecular complexity index is 661. The Kier molecular flexibility index (Phi) is 8.32. The summed E-state index contributed by atoms with van der Waals surface area (Å²) in [5.41, 5.74) is -0.257. The second-order valence-electron chi connectivity index (χ2n) is 8.98. The number of carbonyl (C=O) groups excluding carboxylic acids is 2. The maximum atomic E-state index is 12.2. The molecule has 2 saturated heterocycles. The summed E-state index contributed by atoms with van der Waals surface area (Å²) in [4.78, 5) is 37.5. The van der Waals surface area contributed by atoms with Gasteiger partial charge in [-0.3, -0.25) is 14.5 Å². The number of rotatable bonds is 6. The van der Waals surface area contributed by atoms with Gasteiger partial charge >= 0.3 is 12.1 Å². The molecule has 0 aromatic rings. The molecule has 1 aliphatic carbocycles. The van der Waals surface area contributed by atoms with Gasteiger partial charge in [-0.2, -0.15) is 13.2 Å². The zero-order chi connectivity index (χ0) is 23.4. The van der Waals surface area contributed by atoms with Crippen LogP contribution in [-0.2, 0) is 19.1 Å². The molecule has 178 valence electrons. The van der Waals surface area contributed by atoms with Gasteiger partial charge in [0.05, 0.1) is 19.7 Å². The summed E-state index contributed by atoms with van der Waals surface area (Å²) in [6.07, 6.45) is -0.981. The molecule has 3 aliphatic rings. The van der Waals surface area contributed by atoms with Gasteiger partial charge in [0.15, 0.2) is 0 Å². The lowest BCUT2D eigenvalue weighted by molar-refractivity contribution is -0.204. The summed E-state index contributed by atoms with van der Waals surface area (Å²) in [6, 6.07) is -0.188. The highest BCUT2D eigenvalue weighted by Crippen LogP contribution is 2.36. The Morgan fingerprint density at radius 2 is 1.77 bits per heavy atom. The van der Waals surface area contributed by atoms with E-state index in [1.54, 1.807) is 7.05 Å². The van der Waals surface area contributed by atoms with E-state index in [0.29, 0.717) is 32.0 Å². The average molecular weight is 451 g/mol. The molecular weight excluding hydrogens is 419 g/mol. The van der Waals surface area contributed by atoms with Gasteiger partial charge in [0, 0.05) is 26.6 Å². The second kappa shape index (κ2) is 10.2. The van der Waals surface area contributed by atoms with E-state index in [2.05, 4.69) is 24.1 Å². The number of aliphatic carboxylic acids is 1. The van der Waals surface area contributed by atoms with Crippen molar-refractivity contribution in [2.24, 2.45) is 11.8 Å². The second-order valence-corrected chi connectivity index (χ2v) is 8.98. The molecule has 31 heavy (non-hydrogen) atoms. The van der Waals surface area contributed by atoms with E-state index in [1.807, 2.05) is 4.90 Å². The van der Waals surface area contributed by atoms with E-state index >= 15 is 0 Å². The van der Waals surface area contributed by atoms with Gasteiger partial charge in [-0.05, 0) is 31.1 Å². The van der Waals surface area contributed by atoms with Crippen LogP contribution in [0.25, 0.3) is 0 Å². The molecule has 1 spiro atoms. The van der Waals surface area contributed by atoms with Gasteiger partial charge in [0.2, 0.25) is 11.8 Å². The van der Waals surface area contributed by atoms with Crippen LogP contribution in [0.15, 0.2) is 0 Å². The topological polar surface area (TPSA) is 99.2 Å². The highest BCUT2D eigenvalue weighted by Gasteiger charge is 2.52. The number of ether oxygens (including phenoxy) is 1. The van der Waals surface area contributed by atoms with Crippen LogP contribution in [0, 0.1) is 11.8 Å². The third kappa shape index (κ3) is 7.34. The molecule has 2 N–H and O–H groups in total. The molecule has 3 fully saturated rings. The number of carbonyl (C=O) groups is 3. The van der Waals surface area contributed by atoms with Crippen LogP contribution in [0.1, 0.15) is 39.5 Å². The number of hydrogen-bond donors (Lipinski definition) is 2. The van der Waals surface area contributed by atoms with Crippen LogP contribution >= 0.6 is 0 Å². The first kappa shape index (κ1) is 25.4. The van der Waals surface area contributed by atoms with Gasteiger partial charge in [-0.25, -0.2) is 4.79 Å². The van der Waals surface area contributed by atoms with Crippen molar-refractivity contribution < 1.29 is 37.4 Å². The van der Waals surface area contributed by atoms with Crippen molar-refractivity contribution in [1.82, 2.24) is 15.1 Å². The lowest BCUT2D eigenvalue weighted by Crippen LogP contribution is -2.73. The van der Waals surface area contributed by atoms with E-state index in [1.165, 1.54) is 12.8 Å². The number of carboxylic acid groups (broad SMARTS) is 1. The molecule has 0 aromatic carbocycles. The van der Waals surface area contributed by atoms with Crippen molar-refractivity contribution in [3.63, 3.8) is 0 Å². The first-order valence-corrected chi connectivity index (χ1v) is 10.5. The summed E-state index contributed by atoms with van der Waals surface area (Å²) in [6.45, 7) is 7.80. The lowest BCUT2D eigenvalue weighted by atomic mass is 9.89. The fourth-order valence-corrected chi connectivity index (χ4v) is 3.71. The minimum absolute atomic E-state index is 0.0367. The van der Waals surface area contributed by atoms with Crippen molar-refractivity contribution in [2.75, 3.05) is 39.8 Å². The van der Waals surface area contributed by atoms with E-state index < -0.39 is 12.1 Å². The third-order valence-corrected chi connectivity index (χ3v) is 5.71. The summed E-state index contributed by atoms with van der Waals surface area (Å²) < 4.78 is 37.8. The number of nitrogens with zero attached hydrogens (tertiary/aromatic N) is 2. The largest absolute Gasteiger partial charge is 0.490 e. The molecule has 0 radical (unpaired) electrons. The molecule has 3 rings (SSSR count). The SMILES string of the molecule is CNC(=O)C1COC2(CN(C(=O)CCC(C)C)C2)CN1CC1CC1.O=C(O)C(F)(F)F. The number of carboxylic acids is 1. The Balaban J connectivity index is 0.000000423. The molecular formula is C20H32F3N3O5. The predicted octanol–water partition coefficient (Wildman–Crippen LogP) is 1.49. The van der Waals surface area contributed by atoms with Gasteiger partial charge in [-0.15, -0.1) is 0 Å². The fourth-order valence-electron chi connectivity index (χ4n) is 3.71. The monoisotopic (exact) mass is 451 g/mol. The third-order valence-electron chi connectivity index (χ3n) is 5.71. The summed E-state index contributed by atoms with van der Waals surface area (Å²) in [7, 11) is 1.68. The first-order valence-electron chi connectivity index (χ1n) is 10.5. The summed E-state index contributed by atoms with van der Waals surface area (Å²) in [5.74, 6) is -1.20. The molecule has 1 atom stereocenters. The molecule has 0 bridgehead atoms. The minimum Gasteiger partial charge on any atom is -0.475 e. The van der Waals surface area contributed by atoms with Crippen molar-refractivity contribution in [1.29, 1.82) is 0 Å². The maximum Gasteiger partial charge on any atom is 0.490 e. The van der Waals surface area contributed by atoms with E-state index in [9.17, 15) is 22.8 Å². The Hall–Kier alpha value is -1.88. The molecule has 11 heteroatoms. The average Bonchev–Trinajstić information content (AvgIpc) is 3.47. The normalized spacial score (nSPS) is 23.1. The van der Waals surface area contributed by atoms with Crippen LogP contribution in [0.4, 0.5) is 13.2 Å². The van der Waals surface area contributed by atoms with E-state index in [-0.39, 0.29) is 23.5 Å². The maximum absolute atomic E-state index is 12.2. The molecule has 0 aromatic heterocycles. The number of halogens is 3. The number of hydrogen-bond acceptors (Lipinski definition) is 5. The number of amides is 2. The van der Waals surface area contributed by atoms with Crippen LogP contribution in [0.2, 0.25) is 0 Å². The van der Waals surface area contributed by atoms with Gasteiger partial charge in [0.25, 0.3) is 0 Å². The molecule has 2 aliphatic heterocycles. The highest BCUT2D eigenvalue weighted by molar-refractivity contribution is 5.82. The zero-order valence-corrected chi connectivity index (χ0v) is 18.2. The van der Waals surface area contributed by atoms with Crippen LogP contribution in [-0.4, -0.2) is 90.3 Å². The smallest absolute Gasteiger partial charge is 0.475 e. The number of likely N-dealkylation sites (tertiary alicyclic amines) is 1. The fraction of sp³-hybridized carbons (Fsp3) is 0.850. The lowest BCUT2D eigenvalue weighted by Gasteiger charge is -2.55. The molecule has 2 heterocycles. The standard InChI is InChI=1S/C18H31N3O3.C2HF3O2/c1-13(2)4-7-16(22)21-11-18(12-21)10-20(8-14-5-6-14)15(9-24-18)17(23)19-3;3-2(4,5)1(6)7/h13-15H,4-12H2,1-3H3,(H,19,23);(H,6,7). The van der Waals surface area contributed by atoms with Gasteiger partial charge < -0.3 is 20.1 Å². The molecule has 2 amide bonds. The molecule has 1 unspecified atom stereocenters.